The molecule has 1 unspecified atom stereocenters. The van der Waals surface area contributed by atoms with E-state index in [-0.39, 0.29) is 5.97 Å². The average molecular weight is 246 g/mol. The van der Waals surface area contributed by atoms with Gasteiger partial charge in [0.15, 0.2) is 0 Å². The van der Waals surface area contributed by atoms with Crippen LogP contribution in [-0.4, -0.2) is 63.4 Å². The first-order chi connectivity index (χ1) is 8.03. The zero-order chi connectivity index (χ0) is 13.3. The fourth-order valence-electron chi connectivity index (χ4n) is 1.73. The van der Waals surface area contributed by atoms with Crippen LogP contribution in [0.1, 0.15) is 20.8 Å². The summed E-state index contributed by atoms with van der Waals surface area (Å²) < 4.78 is 9.85. The number of carbonyl (C=O) groups is 1. The molecule has 17 heavy (non-hydrogen) atoms. The number of hydrogen-bond acceptors (Lipinski definition) is 5. The number of esters is 1. The van der Waals surface area contributed by atoms with E-state index in [9.17, 15) is 4.79 Å². The predicted molar refractivity (Wildman–Crippen MR) is 68.1 cm³/mol. The standard InChI is InChI=1S/C12H26N2O3/c1-6-14(7-2)9-8-13-12(3,10-16-4)11(15)17-5/h13H,6-10H2,1-5H3. The minimum Gasteiger partial charge on any atom is -0.468 e. The smallest absolute Gasteiger partial charge is 0.328 e. The van der Waals surface area contributed by atoms with E-state index in [2.05, 4.69) is 24.1 Å². The number of carbonyl (C=O) groups excluding carboxylic acids is 1. The number of nitrogens with zero attached hydrogens (tertiary/aromatic N) is 1. The zero-order valence-electron chi connectivity index (χ0n) is 11.7. The summed E-state index contributed by atoms with van der Waals surface area (Å²) in [4.78, 5) is 13.9. The van der Waals surface area contributed by atoms with E-state index in [0.717, 1.165) is 26.2 Å². The van der Waals surface area contributed by atoms with Crippen molar-refractivity contribution < 1.29 is 14.3 Å². The molecular weight excluding hydrogens is 220 g/mol. The molecule has 1 atom stereocenters. The Kier molecular flexibility index (Phi) is 8.12. The maximum absolute atomic E-state index is 11.7. The zero-order valence-corrected chi connectivity index (χ0v) is 11.7. The summed E-state index contributed by atoms with van der Waals surface area (Å²) in [5.74, 6) is -0.293. The first-order valence-electron chi connectivity index (χ1n) is 6.08. The fraction of sp³-hybridized carbons (Fsp3) is 0.917. The van der Waals surface area contributed by atoms with Gasteiger partial charge in [-0.3, -0.25) is 5.32 Å². The predicted octanol–water partition coefficient (Wildman–Crippen LogP) is 0.496. The van der Waals surface area contributed by atoms with Crippen molar-refractivity contribution in [1.82, 2.24) is 10.2 Å². The Bertz CT molecular complexity index is 220. The number of ether oxygens (including phenoxy) is 2. The lowest BCUT2D eigenvalue weighted by Gasteiger charge is -2.28. The summed E-state index contributed by atoms with van der Waals surface area (Å²) in [5.41, 5.74) is -0.767. The van der Waals surface area contributed by atoms with Crippen LogP contribution in [0.3, 0.4) is 0 Å². The SMILES string of the molecule is CCN(CC)CCNC(C)(COC)C(=O)OC. The first kappa shape index (κ1) is 16.4. The minimum atomic E-state index is -0.767. The second kappa shape index (κ2) is 8.44. The van der Waals surface area contributed by atoms with Gasteiger partial charge in [0.05, 0.1) is 13.7 Å². The Balaban J connectivity index is 4.22. The molecule has 0 amide bonds. The molecule has 0 spiro atoms. The molecule has 0 aliphatic carbocycles. The van der Waals surface area contributed by atoms with Crippen molar-refractivity contribution in [2.45, 2.75) is 26.3 Å². The molecule has 0 heterocycles. The van der Waals surface area contributed by atoms with E-state index < -0.39 is 5.54 Å². The van der Waals surface area contributed by atoms with Crippen LogP contribution in [0, 0.1) is 0 Å². The van der Waals surface area contributed by atoms with E-state index in [1.807, 2.05) is 0 Å². The van der Waals surface area contributed by atoms with Gasteiger partial charge in [-0.05, 0) is 20.0 Å². The molecule has 0 radical (unpaired) electrons. The highest BCUT2D eigenvalue weighted by molar-refractivity contribution is 5.80. The van der Waals surface area contributed by atoms with Crippen LogP contribution in [0.4, 0.5) is 0 Å². The van der Waals surface area contributed by atoms with Crippen LogP contribution in [0.25, 0.3) is 0 Å². The Hall–Kier alpha value is -0.650. The highest BCUT2D eigenvalue weighted by atomic mass is 16.5. The fourth-order valence-corrected chi connectivity index (χ4v) is 1.73. The summed E-state index contributed by atoms with van der Waals surface area (Å²) in [7, 11) is 2.97. The quantitative estimate of drug-likeness (QED) is 0.600. The molecule has 0 bridgehead atoms. The number of hydrogen-bond donors (Lipinski definition) is 1. The van der Waals surface area contributed by atoms with E-state index >= 15 is 0 Å². The average Bonchev–Trinajstić information content (AvgIpc) is 2.34. The number of rotatable bonds is 9. The van der Waals surface area contributed by atoms with Crippen LogP contribution in [0.5, 0.6) is 0 Å². The third-order valence-electron chi connectivity index (χ3n) is 2.91. The molecule has 102 valence electrons. The monoisotopic (exact) mass is 246 g/mol. The third kappa shape index (κ3) is 5.48. The molecule has 0 aromatic carbocycles. The van der Waals surface area contributed by atoms with Gasteiger partial charge in [-0.25, -0.2) is 4.79 Å². The second-order valence-electron chi connectivity index (χ2n) is 4.21. The van der Waals surface area contributed by atoms with Gasteiger partial charge in [-0.1, -0.05) is 13.8 Å². The molecule has 0 aromatic rings. The van der Waals surface area contributed by atoms with Crippen molar-refractivity contribution in [3.05, 3.63) is 0 Å². The number of methoxy groups -OCH3 is 2. The topological polar surface area (TPSA) is 50.8 Å². The molecule has 5 nitrogen and oxygen atoms in total. The Labute approximate surface area is 104 Å². The molecule has 0 aliphatic rings. The van der Waals surface area contributed by atoms with Gasteiger partial charge in [0, 0.05) is 20.2 Å². The van der Waals surface area contributed by atoms with Gasteiger partial charge in [-0.15, -0.1) is 0 Å². The minimum absolute atomic E-state index is 0.293. The molecule has 0 fully saturated rings. The van der Waals surface area contributed by atoms with Gasteiger partial charge in [-0.2, -0.15) is 0 Å². The normalized spacial score (nSPS) is 14.7. The molecular formula is C12H26N2O3. The highest BCUT2D eigenvalue weighted by Gasteiger charge is 2.33. The van der Waals surface area contributed by atoms with E-state index in [4.69, 9.17) is 9.47 Å². The van der Waals surface area contributed by atoms with Gasteiger partial charge in [0.1, 0.15) is 5.54 Å². The van der Waals surface area contributed by atoms with Crippen LogP contribution in [0.15, 0.2) is 0 Å². The van der Waals surface area contributed by atoms with Gasteiger partial charge in [0.2, 0.25) is 0 Å². The third-order valence-corrected chi connectivity index (χ3v) is 2.91. The molecule has 0 saturated carbocycles. The van der Waals surface area contributed by atoms with Crippen molar-refractivity contribution in [3.63, 3.8) is 0 Å². The van der Waals surface area contributed by atoms with Gasteiger partial charge in [0.25, 0.3) is 0 Å². The lowest BCUT2D eigenvalue weighted by Crippen LogP contribution is -2.55. The molecule has 0 rings (SSSR count). The Morgan fingerprint density at radius 3 is 2.29 bits per heavy atom. The van der Waals surface area contributed by atoms with Crippen molar-refractivity contribution in [2.24, 2.45) is 0 Å². The number of nitrogens with one attached hydrogen (secondary N) is 1. The van der Waals surface area contributed by atoms with E-state index in [1.165, 1.54) is 7.11 Å². The molecule has 0 saturated heterocycles. The van der Waals surface area contributed by atoms with Gasteiger partial charge < -0.3 is 14.4 Å². The van der Waals surface area contributed by atoms with Crippen LogP contribution < -0.4 is 5.32 Å². The molecule has 1 N–H and O–H groups in total. The summed E-state index contributed by atoms with van der Waals surface area (Å²) in [6, 6.07) is 0. The second-order valence-corrected chi connectivity index (χ2v) is 4.21. The molecule has 0 aromatic heterocycles. The lowest BCUT2D eigenvalue weighted by molar-refractivity contribution is -0.150. The van der Waals surface area contributed by atoms with Crippen LogP contribution in [-0.2, 0) is 14.3 Å². The number of likely N-dealkylation sites (N-methyl/N-ethyl adjacent to an activating group) is 1. The van der Waals surface area contributed by atoms with Crippen molar-refractivity contribution in [1.29, 1.82) is 0 Å². The summed E-state index contributed by atoms with van der Waals surface area (Å²) in [6.45, 7) is 10.0. The summed E-state index contributed by atoms with van der Waals surface area (Å²) in [5, 5.41) is 3.21. The Morgan fingerprint density at radius 2 is 1.88 bits per heavy atom. The molecule has 5 heteroatoms. The van der Waals surface area contributed by atoms with E-state index in [0.29, 0.717) is 6.61 Å². The molecule has 0 aliphatic heterocycles. The summed E-state index contributed by atoms with van der Waals surface area (Å²) in [6.07, 6.45) is 0. The lowest BCUT2D eigenvalue weighted by atomic mass is 10.0. The van der Waals surface area contributed by atoms with Crippen molar-refractivity contribution in [2.75, 3.05) is 47.0 Å². The van der Waals surface area contributed by atoms with E-state index in [1.54, 1.807) is 14.0 Å². The maximum Gasteiger partial charge on any atom is 0.328 e. The van der Waals surface area contributed by atoms with Crippen LogP contribution in [0.2, 0.25) is 0 Å². The Morgan fingerprint density at radius 1 is 1.29 bits per heavy atom. The largest absolute Gasteiger partial charge is 0.468 e. The van der Waals surface area contributed by atoms with Crippen molar-refractivity contribution in [3.8, 4) is 0 Å². The highest BCUT2D eigenvalue weighted by Crippen LogP contribution is 2.06. The summed E-state index contributed by atoms with van der Waals surface area (Å²) >= 11 is 0. The first-order valence-corrected chi connectivity index (χ1v) is 6.08. The maximum atomic E-state index is 11.7. The van der Waals surface area contributed by atoms with Gasteiger partial charge >= 0.3 is 5.97 Å². The van der Waals surface area contributed by atoms with Crippen molar-refractivity contribution >= 4 is 5.97 Å². The van der Waals surface area contributed by atoms with Crippen LogP contribution >= 0.6 is 0 Å².